The smallest absolute Gasteiger partial charge is 0.322 e. The van der Waals surface area contributed by atoms with Crippen molar-refractivity contribution in [2.24, 2.45) is 5.41 Å². The first-order valence-corrected chi connectivity index (χ1v) is 19.9. The number of fused-ring (bicyclic) bond motifs is 2. The Morgan fingerprint density at radius 2 is 1.21 bits per heavy atom. The molecular formula is C45H54BrNO9. The van der Waals surface area contributed by atoms with Crippen molar-refractivity contribution >= 4 is 61.4 Å². The third-order valence-electron chi connectivity index (χ3n) is 10.3. The molecule has 1 saturated heterocycles. The van der Waals surface area contributed by atoms with Crippen LogP contribution in [0.1, 0.15) is 97.8 Å². The molecule has 0 bridgehead atoms. The Hall–Kier alpha value is -4.32. The molecule has 4 aromatic rings. The minimum Gasteiger partial charge on any atom is -0.464 e. The summed E-state index contributed by atoms with van der Waals surface area (Å²) in [7, 11) is 0. The molecule has 0 N–H and O–H groups in total. The van der Waals surface area contributed by atoms with E-state index in [1.54, 1.807) is 13.8 Å². The molecule has 0 spiro atoms. The maximum absolute atomic E-state index is 13.9. The number of carbonyl (C=O) groups is 4. The Labute approximate surface area is 338 Å². The molecule has 0 aliphatic carbocycles. The lowest BCUT2D eigenvalue weighted by atomic mass is 9.82. The highest BCUT2D eigenvalue weighted by molar-refractivity contribution is 9.10. The third-order valence-corrected chi connectivity index (χ3v) is 10.6. The molecule has 4 aromatic carbocycles. The van der Waals surface area contributed by atoms with Gasteiger partial charge in [-0.3, -0.25) is 24.0 Å². The number of carbonyl (C=O) groups excluding carboxylic acids is 4. The first kappa shape index (κ1) is 42.8. The number of hydrogen-bond acceptors (Lipinski definition) is 10. The second kappa shape index (κ2) is 17.9. The summed E-state index contributed by atoms with van der Waals surface area (Å²) in [5.41, 5.74) is -0.416. The van der Waals surface area contributed by atoms with Gasteiger partial charge >= 0.3 is 23.9 Å². The van der Waals surface area contributed by atoms with Gasteiger partial charge in [-0.2, -0.15) is 5.06 Å². The predicted molar refractivity (Wildman–Crippen MR) is 219 cm³/mol. The van der Waals surface area contributed by atoms with Crippen molar-refractivity contribution in [3.63, 3.8) is 0 Å². The number of rotatable bonds is 16. The van der Waals surface area contributed by atoms with Crippen LogP contribution in [-0.4, -0.2) is 64.2 Å². The first-order chi connectivity index (χ1) is 26.4. The third kappa shape index (κ3) is 10.7. The number of esters is 4. The van der Waals surface area contributed by atoms with E-state index in [2.05, 4.69) is 49.7 Å². The molecule has 2 atom stereocenters. The van der Waals surface area contributed by atoms with E-state index in [0.717, 1.165) is 51.9 Å². The number of nitrogens with zero attached hydrogens (tertiary/aromatic N) is 1. The predicted octanol–water partition coefficient (Wildman–Crippen LogP) is 9.34. The SMILES string of the molecule is CC(C)(Br)C(=O)OCC(C)(COC(=O)CCC(=O)OCc1c2ccccc2cc2ccccc12)C(=O)OCC(ON1C(C)(C)CCCC1(C)C)c1ccccc1. The van der Waals surface area contributed by atoms with E-state index < -0.39 is 52.9 Å². The van der Waals surface area contributed by atoms with Crippen LogP contribution in [0.3, 0.4) is 0 Å². The number of hydrogen-bond donors (Lipinski definition) is 0. The van der Waals surface area contributed by atoms with E-state index in [0.29, 0.717) is 0 Å². The number of alkyl halides is 1. The van der Waals surface area contributed by atoms with E-state index in [4.69, 9.17) is 23.8 Å². The second-order valence-corrected chi connectivity index (χ2v) is 18.6. The van der Waals surface area contributed by atoms with Gasteiger partial charge in [0.1, 0.15) is 42.3 Å². The monoisotopic (exact) mass is 831 g/mol. The fourth-order valence-corrected chi connectivity index (χ4v) is 7.24. The normalized spacial score (nSPS) is 17.1. The lowest BCUT2D eigenvalue weighted by molar-refractivity contribution is -0.312. The van der Waals surface area contributed by atoms with Crippen LogP contribution in [-0.2, 0) is 49.6 Å². The molecule has 10 nitrogen and oxygen atoms in total. The number of benzene rings is 4. The van der Waals surface area contributed by atoms with Crippen molar-refractivity contribution in [3.05, 3.63) is 96.1 Å². The van der Waals surface area contributed by atoms with Crippen LogP contribution in [0, 0.1) is 5.41 Å². The summed E-state index contributed by atoms with van der Waals surface area (Å²) in [6, 6.07) is 27.4. The van der Waals surface area contributed by atoms with E-state index >= 15 is 0 Å². The van der Waals surface area contributed by atoms with Crippen molar-refractivity contribution in [2.75, 3.05) is 19.8 Å². The molecule has 56 heavy (non-hydrogen) atoms. The average molecular weight is 833 g/mol. The van der Waals surface area contributed by atoms with Crippen LogP contribution in [0.25, 0.3) is 21.5 Å². The first-order valence-electron chi connectivity index (χ1n) is 19.2. The van der Waals surface area contributed by atoms with Gasteiger partial charge in [0, 0.05) is 16.6 Å². The quantitative estimate of drug-likeness (QED) is 0.0468. The molecule has 1 heterocycles. The summed E-state index contributed by atoms with van der Waals surface area (Å²) in [6.07, 6.45) is 1.79. The fraction of sp³-hybridized carbons (Fsp3) is 0.467. The highest BCUT2D eigenvalue weighted by Gasteiger charge is 2.45. The van der Waals surface area contributed by atoms with Gasteiger partial charge in [0.25, 0.3) is 0 Å². The molecule has 1 fully saturated rings. The molecule has 5 rings (SSSR count). The number of piperidine rings is 1. The summed E-state index contributed by atoms with van der Waals surface area (Å²) >= 11 is 3.30. The van der Waals surface area contributed by atoms with Gasteiger partial charge in [0.2, 0.25) is 0 Å². The standard InChI is InChI=1S/C45H54BrNO9/c1-42(2)24-15-25-43(3,4)47(42)56-37(31-16-9-8-10-17-31)28-53-41(51)45(7,30-55-40(50)44(5,6)46)29-54-39(49)23-22-38(48)52-27-36-34-20-13-11-18-32(34)26-33-19-12-14-21-35(33)36/h8-14,16-21,26,37H,15,22-25,27-30H2,1-7H3. The van der Waals surface area contributed by atoms with E-state index in [1.165, 1.54) is 6.92 Å². The Kier molecular flexibility index (Phi) is 13.7. The zero-order valence-electron chi connectivity index (χ0n) is 33.5. The summed E-state index contributed by atoms with van der Waals surface area (Å²) in [4.78, 5) is 59.3. The lowest BCUT2D eigenvalue weighted by Crippen LogP contribution is -2.58. The van der Waals surface area contributed by atoms with Crippen molar-refractivity contribution in [2.45, 2.75) is 109 Å². The highest BCUT2D eigenvalue weighted by atomic mass is 79.9. The van der Waals surface area contributed by atoms with Gasteiger partial charge < -0.3 is 18.9 Å². The van der Waals surface area contributed by atoms with Gasteiger partial charge in [0.05, 0.1) is 12.8 Å². The minimum absolute atomic E-state index is 0.0371. The summed E-state index contributed by atoms with van der Waals surface area (Å²) in [5.74, 6) is -2.64. The van der Waals surface area contributed by atoms with Crippen molar-refractivity contribution in [1.82, 2.24) is 5.06 Å². The van der Waals surface area contributed by atoms with Crippen LogP contribution in [0.4, 0.5) is 0 Å². The van der Waals surface area contributed by atoms with Crippen molar-refractivity contribution < 1.29 is 43.0 Å². The van der Waals surface area contributed by atoms with Gasteiger partial charge in [-0.1, -0.05) is 94.8 Å². The molecule has 1 aliphatic rings. The Balaban J connectivity index is 1.23. The Morgan fingerprint density at radius 1 is 0.696 bits per heavy atom. The number of halogens is 1. The average Bonchev–Trinajstić information content (AvgIpc) is 3.15. The molecule has 1 aliphatic heterocycles. The zero-order chi connectivity index (χ0) is 40.7. The van der Waals surface area contributed by atoms with Gasteiger partial charge in [-0.05, 0) is 101 Å². The fourth-order valence-electron chi connectivity index (χ4n) is 7.13. The lowest BCUT2D eigenvalue weighted by Gasteiger charge is -2.52. The van der Waals surface area contributed by atoms with Crippen LogP contribution >= 0.6 is 15.9 Å². The van der Waals surface area contributed by atoms with Crippen LogP contribution in [0.2, 0.25) is 0 Å². The van der Waals surface area contributed by atoms with Gasteiger partial charge in [-0.25, -0.2) is 0 Å². The van der Waals surface area contributed by atoms with Crippen molar-refractivity contribution in [3.8, 4) is 0 Å². The van der Waals surface area contributed by atoms with E-state index in [9.17, 15) is 19.2 Å². The summed E-state index contributed by atoms with van der Waals surface area (Å²) in [5, 5.41) is 6.05. The van der Waals surface area contributed by atoms with Crippen LogP contribution < -0.4 is 0 Å². The number of ether oxygens (including phenoxy) is 4. The largest absolute Gasteiger partial charge is 0.464 e. The van der Waals surface area contributed by atoms with Gasteiger partial charge in [-0.15, -0.1) is 0 Å². The van der Waals surface area contributed by atoms with E-state index in [-0.39, 0.29) is 37.1 Å². The molecule has 0 saturated carbocycles. The Bertz CT molecular complexity index is 1950. The maximum atomic E-state index is 13.9. The van der Waals surface area contributed by atoms with Gasteiger partial charge in [0.15, 0.2) is 0 Å². The molecule has 11 heteroatoms. The number of hydroxylamine groups is 2. The topological polar surface area (TPSA) is 118 Å². The summed E-state index contributed by atoms with van der Waals surface area (Å²) in [6.45, 7) is 12.3. The molecule has 0 amide bonds. The molecule has 300 valence electrons. The Morgan fingerprint density at radius 3 is 1.79 bits per heavy atom. The summed E-state index contributed by atoms with van der Waals surface area (Å²) < 4.78 is 21.6. The molecule has 2 unspecified atom stereocenters. The highest BCUT2D eigenvalue weighted by Crippen LogP contribution is 2.41. The molecular weight excluding hydrogens is 778 g/mol. The minimum atomic E-state index is -1.58. The molecule has 0 aromatic heterocycles. The maximum Gasteiger partial charge on any atom is 0.322 e. The van der Waals surface area contributed by atoms with Crippen LogP contribution in [0.5, 0.6) is 0 Å². The molecule has 0 radical (unpaired) electrons. The second-order valence-electron chi connectivity index (χ2n) is 16.6. The van der Waals surface area contributed by atoms with Crippen molar-refractivity contribution in [1.29, 1.82) is 0 Å². The van der Waals surface area contributed by atoms with Crippen LogP contribution in [0.15, 0.2) is 84.9 Å². The van der Waals surface area contributed by atoms with E-state index in [1.807, 2.05) is 83.9 Å². The zero-order valence-corrected chi connectivity index (χ0v) is 35.1.